The number of para-hydroxylation sites is 1. The monoisotopic (exact) mass is 319 g/mol. The van der Waals surface area contributed by atoms with Crippen molar-refractivity contribution in [2.45, 2.75) is 63.6 Å². The van der Waals surface area contributed by atoms with E-state index < -0.39 is 0 Å². The molecule has 0 radical (unpaired) electrons. The number of ether oxygens (including phenoxy) is 3. The third-order valence-electron chi connectivity index (χ3n) is 4.90. The predicted octanol–water partition coefficient (Wildman–Crippen LogP) is 3.68. The second kappa shape index (κ2) is 8.55. The van der Waals surface area contributed by atoms with E-state index in [9.17, 15) is 0 Å². The molecule has 128 valence electrons. The number of methoxy groups -OCH3 is 1. The van der Waals surface area contributed by atoms with Crippen LogP contribution in [-0.4, -0.2) is 32.5 Å². The fourth-order valence-corrected chi connectivity index (χ4v) is 3.54. The minimum absolute atomic E-state index is 0.221. The smallest absolute Gasteiger partial charge is 0.165 e. The zero-order chi connectivity index (χ0) is 15.9. The van der Waals surface area contributed by atoms with Crippen molar-refractivity contribution >= 4 is 0 Å². The van der Waals surface area contributed by atoms with Gasteiger partial charge < -0.3 is 19.5 Å². The lowest BCUT2D eigenvalue weighted by molar-refractivity contribution is 0.0665. The second-order valence-electron chi connectivity index (χ2n) is 6.61. The molecule has 1 saturated heterocycles. The molecule has 0 bridgehead atoms. The van der Waals surface area contributed by atoms with Crippen LogP contribution in [0.15, 0.2) is 18.2 Å². The van der Waals surface area contributed by atoms with Gasteiger partial charge >= 0.3 is 0 Å². The first-order valence-electron chi connectivity index (χ1n) is 9.00. The number of benzene rings is 1. The van der Waals surface area contributed by atoms with Crippen molar-refractivity contribution in [3.8, 4) is 11.5 Å². The summed E-state index contributed by atoms with van der Waals surface area (Å²) in [5, 5.41) is 3.69. The molecule has 1 unspecified atom stereocenters. The molecule has 0 aromatic heterocycles. The molecule has 0 spiro atoms. The Hall–Kier alpha value is -1.26. The van der Waals surface area contributed by atoms with Gasteiger partial charge in [0.15, 0.2) is 11.5 Å². The van der Waals surface area contributed by atoms with Crippen LogP contribution in [-0.2, 0) is 11.3 Å². The minimum atomic E-state index is 0.221. The molecule has 2 fully saturated rings. The van der Waals surface area contributed by atoms with Gasteiger partial charge in [0.05, 0.1) is 13.2 Å². The maximum atomic E-state index is 6.09. The van der Waals surface area contributed by atoms with Gasteiger partial charge in [0.25, 0.3) is 0 Å². The van der Waals surface area contributed by atoms with Crippen LogP contribution in [0.1, 0.15) is 50.5 Å². The highest BCUT2D eigenvalue weighted by Crippen LogP contribution is 2.32. The maximum Gasteiger partial charge on any atom is 0.165 e. The van der Waals surface area contributed by atoms with E-state index in [1.165, 1.54) is 37.7 Å². The third kappa shape index (κ3) is 4.61. The van der Waals surface area contributed by atoms with Crippen LogP contribution in [0.25, 0.3) is 0 Å². The average Bonchev–Trinajstić information content (AvgIpc) is 3.12. The van der Waals surface area contributed by atoms with Crippen molar-refractivity contribution in [2.75, 3.05) is 20.3 Å². The van der Waals surface area contributed by atoms with Gasteiger partial charge in [-0.3, -0.25) is 0 Å². The molecular weight excluding hydrogens is 290 g/mol. The molecule has 1 aromatic rings. The van der Waals surface area contributed by atoms with Gasteiger partial charge in [0.2, 0.25) is 0 Å². The second-order valence-corrected chi connectivity index (χ2v) is 6.61. The summed E-state index contributed by atoms with van der Waals surface area (Å²) in [5.41, 5.74) is 1.17. The van der Waals surface area contributed by atoms with Crippen LogP contribution in [0.3, 0.4) is 0 Å². The first-order chi connectivity index (χ1) is 11.4. The van der Waals surface area contributed by atoms with Crippen molar-refractivity contribution in [2.24, 2.45) is 0 Å². The molecule has 4 nitrogen and oxygen atoms in total. The van der Waals surface area contributed by atoms with Gasteiger partial charge in [-0.2, -0.15) is 0 Å². The number of rotatable bonds is 7. The van der Waals surface area contributed by atoms with Gasteiger partial charge in [0, 0.05) is 24.8 Å². The molecule has 1 aliphatic heterocycles. The van der Waals surface area contributed by atoms with Gasteiger partial charge in [-0.25, -0.2) is 0 Å². The van der Waals surface area contributed by atoms with Gasteiger partial charge in [0.1, 0.15) is 6.61 Å². The summed E-state index contributed by atoms with van der Waals surface area (Å²) in [6.07, 6.45) is 9.09. The summed E-state index contributed by atoms with van der Waals surface area (Å²) < 4.78 is 17.3. The van der Waals surface area contributed by atoms with Crippen molar-refractivity contribution in [1.82, 2.24) is 5.32 Å². The van der Waals surface area contributed by atoms with Gasteiger partial charge in [-0.05, 0) is 31.7 Å². The van der Waals surface area contributed by atoms with Crippen molar-refractivity contribution in [3.05, 3.63) is 23.8 Å². The highest BCUT2D eigenvalue weighted by Gasteiger charge is 2.19. The predicted molar refractivity (Wildman–Crippen MR) is 91.2 cm³/mol. The summed E-state index contributed by atoms with van der Waals surface area (Å²) in [7, 11) is 1.70. The molecule has 1 atom stereocenters. The third-order valence-corrected chi connectivity index (χ3v) is 4.90. The normalized spacial score (nSPS) is 22.2. The highest BCUT2D eigenvalue weighted by atomic mass is 16.5. The number of hydrogen-bond donors (Lipinski definition) is 1. The van der Waals surface area contributed by atoms with Gasteiger partial charge in [-0.15, -0.1) is 0 Å². The lowest BCUT2D eigenvalue weighted by Crippen LogP contribution is -2.30. The topological polar surface area (TPSA) is 39.7 Å². The Balaban J connectivity index is 1.62. The molecule has 4 heteroatoms. The van der Waals surface area contributed by atoms with Crippen LogP contribution < -0.4 is 14.8 Å². The SMILES string of the molecule is COc1cccc(CNC2CCCCC2)c1OCC1CCCO1. The molecular formula is C19H29NO3. The molecule has 2 aliphatic rings. The summed E-state index contributed by atoms with van der Waals surface area (Å²) in [4.78, 5) is 0. The average molecular weight is 319 g/mol. The van der Waals surface area contributed by atoms with E-state index in [-0.39, 0.29) is 6.10 Å². The molecule has 1 N–H and O–H groups in total. The Morgan fingerprint density at radius 3 is 2.74 bits per heavy atom. The summed E-state index contributed by atoms with van der Waals surface area (Å²) in [5.74, 6) is 1.68. The largest absolute Gasteiger partial charge is 0.493 e. The standard InChI is InChI=1S/C19H29NO3/c1-21-18-11-5-7-15(13-20-16-8-3-2-4-9-16)19(18)23-14-17-10-6-12-22-17/h5,7,11,16-17,20H,2-4,6,8-10,12-14H2,1H3. The van der Waals surface area contributed by atoms with E-state index >= 15 is 0 Å². The van der Waals surface area contributed by atoms with E-state index in [1.54, 1.807) is 7.11 Å². The summed E-state index contributed by atoms with van der Waals surface area (Å²) in [6.45, 7) is 2.30. The first-order valence-corrected chi connectivity index (χ1v) is 9.00. The van der Waals surface area contributed by atoms with E-state index in [2.05, 4.69) is 11.4 Å². The van der Waals surface area contributed by atoms with Crippen LogP contribution in [0, 0.1) is 0 Å². The summed E-state index contributed by atoms with van der Waals surface area (Å²) in [6, 6.07) is 6.77. The Kier molecular flexibility index (Phi) is 6.17. The quantitative estimate of drug-likeness (QED) is 0.832. The van der Waals surface area contributed by atoms with Crippen LogP contribution >= 0.6 is 0 Å². The highest BCUT2D eigenvalue weighted by molar-refractivity contribution is 5.46. The lowest BCUT2D eigenvalue weighted by atomic mass is 9.95. The molecule has 23 heavy (non-hydrogen) atoms. The van der Waals surface area contributed by atoms with E-state index in [1.807, 2.05) is 12.1 Å². The van der Waals surface area contributed by atoms with Crippen LogP contribution in [0.5, 0.6) is 11.5 Å². The molecule has 1 aromatic carbocycles. The zero-order valence-corrected chi connectivity index (χ0v) is 14.2. The first kappa shape index (κ1) is 16.6. The Bertz CT molecular complexity index is 480. The Morgan fingerprint density at radius 2 is 2.00 bits per heavy atom. The van der Waals surface area contributed by atoms with Crippen molar-refractivity contribution in [3.63, 3.8) is 0 Å². The van der Waals surface area contributed by atoms with Crippen LogP contribution in [0.4, 0.5) is 0 Å². The molecule has 1 heterocycles. The van der Waals surface area contributed by atoms with Crippen molar-refractivity contribution in [1.29, 1.82) is 0 Å². The molecule has 1 saturated carbocycles. The molecule has 3 rings (SSSR count). The minimum Gasteiger partial charge on any atom is -0.493 e. The lowest BCUT2D eigenvalue weighted by Gasteiger charge is -2.24. The van der Waals surface area contributed by atoms with E-state index in [0.717, 1.165) is 37.5 Å². The van der Waals surface area contributed by atoms with E-state index in [0.29, 0.717) is 12.6 Å². The van der Waals surface area contributed by atoms with Gasteiger partial charge in [-0.1, -0.05) is 31.4 Å². The Labute approximate surface area is 139 Å². The fraction of sp³-hybridized carbons (Fsp3) is 0.684. The van der Waals surface area contributed by atoms with Crippen LogP contribution in [0.2, 0.25) is 0 Å². The zero-order valence-electron chi connectivity index (χ0n) is 14.2. The number of hydrogen-bond acceptors (Lipinski definition) is 4. The maximum absolute atomic E-state index is 6.09. The number of nitrogens with one attached hydrogen (secondary N) is 1. The fourth-order valence-electron chi connectivity index (χ4n) is 3.54. The van der Waals surface area contributed by atoms with Crippen molar-refractivity contribution < 1.29 is 14.2 Å². The molecule has 0 amide bonds. The summed E-state index contributed by atoms with van der Waals surface area (Å²) >= 11 is 0. The van der Waals surface area contributed by atoms with E-state index in [4.69, 9.17) is 14.2 Å². The Morgan fingerprint density at radius 1 is 1.13 bits per heavy atom. The molecule has 1 aliphatic carbocycles.